The average Bonchev–Trinajstić information content (AvgIpc) is 3.22. The van der Waals surface area contributed by atoms with Crippen LogP contribution in [-0.4, -0.2) is 26.3 Å². The molecule has 7 heteroatoms. The highest BCUT2D eigenvalue weighted by atomic mass is 32.1. The number of rotatable bonds is 2. The molecule has 5 rings (SSSR count). The number of aromatic amines is 1. The smallest absolute Gasteiger partial charge is 0.282 e. The summed E-state index contributed by atoms with van der Waals surface area (Å²) in [5.41, 5.74) is 3.42. The van der Waals surface area contributed by atoms with E-state index in [-0.39, 0.29) is 17.8 Å². The van der Waals surface area contributed by atoms with Crippen molar-refractivity contribution in [1.82, 2.24) is 14.8 Å². The zero-order valence-electron chi connectivity index (χ0n) is 14.4. The lowest BCUT2D eigenvalue weighted by molar-refractivity contribution is 0.1000. The first-order valence-electron chi connectivity index (χ1n) is 8.49. The van der Waals surface area contributed by atoms with Gasteiger partial charge in [-0.2, -0.15) is 4.68 Å². The van der Waals surface area contributed by atoms with Gasteiger partial charge in [0.15, 0.2) is 5.78 Å². The predicted molar refractivity (Wildman–Crippen MR) is 106 cm³/mol. The molecule has 0 saturated carbocycles. The fraction of sp³-hybridized carbons (Fsp3) is 0.100. The van der Waals surface area contributed by atoms with E-state index in [2.05, 4.69) is 15.1 Å². The number of aromatic nitrogens is 3. The Morgan fingerprint density at radius 3 is 2.70 bits per heavy atom. The van der Waals surface area contributed by atoms with Gasteiger partial charge in [-0.15, -0.1) is 0 Å². The highest BCUT2D eigenvalue weighted by Crippen LogP contribution is 2.28. The van der Waals surface area contributed by atoms with E-state index in [9.17, 15) is 9.59 Å². The first kappa shape index (κ1) is 15.9. The second-order valence-electron chi connectivity index (χ2n) is 6.39. The van der Waals surface area contributed by atoms with Gasteiger partial charge in [0.2, 0.25) is 5.13 Å². The van der Waals surface area contributed by atoms with Crippen molar-refractivity contribution in [1.29, 1.82) is 0 Å². The van der Waals surface area contributed by atoms with Gasteiger partial charge in [0.05, 0.1) is 33.6 Å². The summed E-state index contributed by atoms with van der Waals surface area (Å²) in [4.78, 5) is 34.7. The van der Waals surface area contributed by atoms with Crippen LogP contribution in [0.4, 0.5) is 5.69 Å². The number of thiazole rings is 1. The summed E-state index contributed by atoms with van der Waals surface area (Å²) in [6, 6.07) is 15.0. The number of hydrogen-bond donors (Lipinski definition) is 1. The molecule has 6 nitrogen and oxygen atoms in total. The van der Waals surface area contributed by atoms with Crippen molar-refractivity contribution in [3.63, 3.8) is 0 Å². The van der Waals surface area contributed by atoms with Crippen molar-refractivity contribution in [2.75, 3.05) is 0 Å². The fourth-order valence-electron chi connectivity index (χ4n) is 3.36. The number of Topliss-reactive ketones (excluding diaryl/α,β-unsaturated/α-hetero) is 1. The van der Waals surface area contributed by atoms with E-state index in [0.29, 0.717) is 33.4 Å². The minimum atomic E-state index is -0.238. The summed E-state index contributed by atoms with van der Waals surface area (Å²) in [6.07, 6.45) is 0.116. The number of aryl methyl sites for hydroxylation is 1. The SMILES string of the molecule is Cc1[nH]n(-c2nc3ccccc3s2)c(=O)c1C1=Nc2ccccc2C(=O)C1. The van der Waals surface area contributed by atoms with Gasteiger partial charge < -0.3 is 0 Å². The normalized spacial score (nSPS) is 13.7. The van der Waals surface area contributed by atoms with Gasteiger partial charge in [-0.3, -0.25) is 19.7 Å². The molecule has 1 aliphatic heterocycles. The Morgan fingerprint density at radius 2 is 1.85 bits per heavy atom. The molecule has 0 amide bonds. The molecule has 27 heavy (non-hydrogen) atoms. The minimum absolute atomic E-state index is 0.0258. The Bertz CT molecular complexity index is 1280. The number of carbonyl (C=O) groups excluding carboxylic acids is 1. The van der Waals surface area contributed by atoms with E-state index >= 15 is 0 Å². The molecule has 0 spiro atoms. The van der Waals surface area contributed by atoms with E-state index in [0.717, 1.165) is 10.2 Å². The van der Waals surface area contributed by atoms with Crippen LogP contribution in [0.5, 0.6) is 0 Å². The van der Waals surface area contributed by atoms with E-state index in [1.807, 2.05) is 43.3 Å². The Labute approximate surface area is 157 Å². The Morgan fingerprint density at radius 1 is 1.07 bits per heavy atom. The molecule has 0 bridgehead atoms. The maximum atomic E-state index is 13.1. The molecule has 0 unspecified atom stereocenters. The van der Waals surface area contributed by atoms with Crippen LogP contribution in [-0.2, 0) is 0 Å². The number of ketones is 1. The van der Waals surface area contributed by atoms with Gasteiger partial charge in [0, 0.05) is 11.3 Å². The topological polar surface area (TPSA) is 80.1 Å². The standard InChI is InChI=1S/C20H14N4O2S/c1-11-18(15-10-16(25)12-6-2-3-7-13(12)21-15)19(26)24(23-11)20-22-14-8-4-5-9-17(14)27-20/h2-9,23H,10H2,1H3. The highest BCUT2D eigenvalue weighted by Gasteiger charge is 2.26. The Kier molecular flexibility index (Phi) is 3.45. The molecule has 1 aliphatic rings. The zero-order chi connectivity index (χ0) is 18.5. The van der Waals surface area contributed by atoms with Crippen molar-refractivity contribution >= 4 is 38.7 Å². The number of benzene rings is 2. The largest absolute Gasteiger partial charge is 0.294 e. The molecule has 132 valence electrons. The lowest BCUT2D eigenvalue weighted by atomic mass is 9.96. The molecule has 0 fully saturated rings. The third-order valence-electron chi connectivity index (χ3n) is 4.62. The monoisotopic (exact) mass is 374 g/mol. The Balaban J connectivity index is 1.66. The molecular weight excluding hydrogens is 360 g/mol. The number of para-hydroxylation sites is 2. The molecule has 4 aromatic rings. The molecule has 0 radical (unpaired) electrons. The molecule has 0 aliphatic carbocycles. The molecule has 1 N–H and O–H groups in total. The van der Waals surface area contributed by atoms with Crippen molar-refractivity contribution in [2.45, 2.75) is 13.3 Å². The maximum Gasteiger partial charge on any atom is 0.282 e. The van der Waals surface area contributed by atoms with Gasteiger partial charge in [0.25, 0.3) is 5.56 Å². The van der Waals surface area contributed by atoms with E-state index < -0.39 is 0 Å². The average molecular weight is 374 g/mol. The summed E-state index contributed by atoms with van der Waals surface area (Å²) in [5.74, 6) is -0.0258. The molecule has 0 atom stereocenters. The van der Waals surface area contributed by atoms with Crippen molar-refractivity contribution in [3.05, 3.63) is 75.7 Å². The number of nitrogens with one attached hydrogen (secondary N) is 1. The van der Waals surface area contributed by atoms with Crippen LogP contribution >= 0.6 is 11.3 Å². The summed E-state index contributed by atoms with van der Waals surface area (Å²) < 4.78 is 2.44. The van der Waals surface area contributed by atoms with Crippen molar-refractivity contribution in [3.8, 4) is 5.13 Å². The van der Waals surface area contributed by atoms with Crippen LogP contribution in [0.3, 0.4) is 0 Å². The number of aliphatic imine (C=N–C) groups is 1. The number of nitrogens with zero attached hydrogens (tertiary/aromatic N) is 3. The summed E-state index contributed by atoms with van der Waals surface area (Å²) in [5, 5.41) is 3.65. The summed E-state index contributed by atoms with van der Waals surface area (Å²) >= 11 is 1.44. The van der Waals surface area contributed by atoms with Crippen LogP contribution in [0.2, 0.25) is 0 Å². The lowest BCUT2D eigenvalue weighted by Crippen LogP contribution is -2.23. The maximum absolute atomic E-state index is 13.1. The van der Waals surface area contributed by atoms with Gasteiger partial charge in [0.1, 0.15) is 0 Å². The molecule has 0 saturated heterocycles. The number of fused-ring (bicyclic) bond motifs is 2. The van der Waals surface area contributed by atoms with Gasteiger partial charge >= 0.3 is 0 Å². The first-order chi connectivity index (χ1) is 13.1. The van der Waals surface area contributed by atoms with Crippen molar-refractivity contribution in [2.24, 2.45) is 4.99 Å². The third-order valence-corrected chi connectivity index (χ3v) is 5.64. The number of hydrogen-bond acceptors (Lipinski definition) is 5. The molecule has 2 aromatic heterocycles. The lowest BCUT2D eigenvalue weighted by Gasteiger charge is -2.13. The molecular formula is C20H14N4O2S. The highest BCUT2D eigenvalue weighted by molar-refractivity contribution is 7.20. The minimum Gasteiger partial charge on any atom is -0.294 e. The quantitative estimate of drug-likeness (QED) is 0.580. The van der Waals surface area contributed by atoms with Crippen molar-refractivity contribution < 1.29 is 4.79 Å². The Hall–Kier alpha value is -3.32. The second-order valence-corrected chi connectivity index (χ2v) is 7.40. The zero-order valence-corrected chi connectivity index (χ0v) is 15.2. The second kappa shape index (κ2) is 5.85. The van der Waals surface area contributed by atoms with Gasteiger partial charge in [-0.25, -0.2) is 4.98 Å². The van der Waals surface area contributed by atoms with E-state index in [1.165, 1.54) is 16.0 Å². The van der Waals surface area contributed by atoms with Crippen LogP contribution in [0, 0.1) is 6.92 Å². The van der Waals surface area contributed by atoms with E-state index in [1.54, 1.807) is 12.1 Å². The number of H-pyrrole nitrogens is 1. The first-order valence-corrected chi connectivity index (χ1v) is 9.31. The van der Waals surface area contributed by atoms with Crippen LogP contribution in [0.25, 0.3) is 15.3 Å². The van der Waals surface area contributed by atoms with Crippen LogP contribution < -0.4 is 5.56 Å². The van der Waals surface area contributed by atoms with Crippen LogP contribution in [0.15, 0.2) is 58.3 Å². The molecule has 2 aromatic carbocycles. The predicted octanol–water partition coefficient (Wildman–Crippen LogP) is 3.79. The fourth-order valence-corrected chi connectivity index (χ4v) is 4.29. The number of carbonyl (C=O) groups is 1. The third kappa shape index (κ3) is 2.47. The summed E-state index contributed by atoms with van der Waals surface area (Å²) in [6.45, 7) is 1.81. The van der Waals surface area contributed by atoms with E-state index in [4.69, 9.17) is 0 Å². The summed E-state index contributed by atoms with van der Waals surface area (Å²) in [7, 11) is 0. The molecule has 3 heterocycles. The van der Waals surface area contributed by atoms with Crippen LogP contribution in [0.1, 0.15) is 28.0 Å². The van der Waals surface area contributed by atoms with Gasteiger partial charge in [-0.05, 0) is 31.2 Å². The van der Waals surface area contributed by atoms with Gasteiger partial charge in [-0.1, -0.05) is 35.6 Å².